The molecule has 0 saturated carbocycles. The molecule has 0 aromatic carbocycles. The smallest absolute Gasteiger partial charge is 0.237 e. The van der Waals surface area contributed by atoms with E-state index in [0.29, 0.717) is 0 Å². The van der Waals surface area contributed by atoms with E-state index in [2.05, 4.69) is 17.2 Å². The Hall–Kier alpha value is -0.940. The monoisotopic (exact) mass is 255 g/mol. The van der Waals surface area contributed by atoms with Gasteiger partial charge in [0.25, 0.3) is 0 Å². The summed E-state index contributed by atoms with van der Waals surface area (Å²) in [7, 11) is 0. The number of amides is 1. The second-order valence-corrected chi connectivity index (χ2v) is 5.01. The second kappa shape index (κ2) is 7.40. The minimum atomic E-state index is -0.399. The first-order valence-electron chi connectivity index (χ1n) is 6.14. The van der Waals surface area contributed by atoms with Crippen molar-refractivity contribution in [3.8, 4) is 0 Å². The van der Waals surface area contributed by atoms with Crippen LogP contribution < -0.4 is 11.1 Å². The van der Waals surface area contributed by atoms with Gasteiger partial charge in [-0.25, -0.2) is 4.98 Å². The van der Waals surface area contributed by atoms with Crippen LogP contribution in [0.2, 0.25) is 0 Å². The zero-order valence-corrected chi connectivity index (χ0v) is 11.3. The number of hydrogen-bond acceptors (Lipinski definition) is 4. The molecule has 1 heterocycles. The summed E-state index contributed by atoms with van der Waals surface area (Å²) in [5.41, 5.74) is 5.83. The van der Waals surface area contributed by atoms with E-state index in [1.165, 1.54) is 0 Å². The number of nitrogens with zero attached hydrogens (tertiary/aromatic N) is 1. The van der Waals surface area contributed by atoms with Crippen LogP contribution in [0.3, 0.4) is 0 Å². The van der Waals surface area contributed by atoms with E-state index >= 15 is 0 Å². The number of carbonyl (C=O) groups excluding carboxylic acids is 1. The van der Waals surface area contributed by atoms with Gasteiger partial charge in [-0.3, -0.25) is 4.79 Å². The molecule has 1 amide bonds. The third-order valence-electron chi connectivity index (χ3n) is 2.68. The molecule has 0 spiro atoms. The van der Waals surface area contributed by atoms with Gasteiger partial charge < -0.3 is 11.1 Å². The molecule has 2 unspecified atom stereocenters. The van der Waals surface area contributed by atoms with Crippen molar-refractivity contribution in [1.29, 1.82) is 0 Å². The van der Waals surface area contributed by atoms with Gasteiger partial charge in [0.1, 0.15) is 5.01 Å². The lowest BCUT2D eigenvalue weighted by atomic mass is 10.1. The van der Waals surface area contributed by atoms with Crippen LogP contribution in [-0.2, 0) is 4.79 Å². The Labute approximate surface area is 107 Å². The molecule has 1 rings (SSSR count). The molecule has 3 N–H and O–H groups in total. The predicted octanol–water partition coefficient (Wildman–Crippen LogP) is 2.23. The van der Waals surface area contributed by atoms with E-state index < -0.39 is 6.04 Å². The Bertz CT molecular complexity index is 327. The van der Waals surface area contributed by atoms with Crippen LogP contribution in [0.5, 0.6) is 0 Å². The van der Waals surface area contributed by atoms with Crippen molar-refractivity contribution in [2.24, 2.45) is 5.73 Å². The fraction of sp³-hybridized carbons (Fsp3) is 0.667. The number of rotatable bonds is 7. The van der Waals surface area contributed by atoms with Gasteiger partial charge in [0.15, 0.2) is 0 Å². The Morgan fingerprint density at radius 3 is 2.88 bits per heavy atom. The fourth-order valence-corrected chi connectivity index (χ4v) is 2.35. The molecule has 5 heteroatoms. The summed E-state index contributed by atoms with van der Waals surface area (Å²) >= 11 is 1.56. The average Bonchev–Trinajstić information content (AvgIpc) is 2.86. The van der Waals surface area contributed by atoms with Crippen molar-refractivity contribution in [2.75, 3.05) is 0 Å². The lowest BCUT2D eigenvalue weighted by Gasteiger charge is -2.17. The minimum absolute atomic E-state index is 0.00447. The molecule has 1 aromatic rings. The van der Waals surface area contributed by atoms with Crippen molar-refractivity contribution in [2.45, 2.75) is 51.6 Å². The Morgan fingerprint density at radius 2 is 2.35 bits per heavy atom. The normalized spacial score (nSPS) is 14.3. The Morgan fingerprint density at radius 1 is 1.59 bits per heavy atom. The number of aromatic nitrogens is 1. The average molecular weight is 255 g/mol. The van der Waals surface area contributed by atoms with Gasteiger partial charge in [-0.1, -0.05) is 26.7 Å². The quantitative estimate of drug-likeness (QED) is 0.785. The van der Waals surface area contributed by atoms with Crippen molar-refractivity contribution >= 4 is 17.2 Å². The number of thiazole rings is 1. The number of carbonyl (C=O) groups is 1. The van der Waals surface area contributed by atoms with Gasteiger partial charge in [-0.15, -0.1) is 11.3 Å². The summed E-state index contributed by atoms with van der Waals surface area (Å²) < 4.78 is 0. The molecule has 0 saturated heterocycles. The first-order chi connectivity index (χ1) is 8.19. The first kappa shape index (κ1) is 14.1. The van der Waals surface area contributed by atoms with Gasteiger partial charge >= 0.3 is 0 Å². The minimum Gasteiger partial charge on any atom is -0.346 e. The fourth-order valence-electron chi connectivity index (χ4n) is 1.58. The summed E-state index contributed by atoms with van der Waals surface area (Å²) in [6.45, 7) is 4.12. The van der Waals surface area contributed by atoms with Crippen molar-refractivity contribution < 1.29 is 4.79 Å². The highest BCUT2D eigenvalue weighted by atomic mass is 32.1. The summed E-state index contributed by atoms with van der Waals surface area (Å²) in [5, 5.41) is 5.83. The van der Waals surface area contributed by atoms with E-state index in [1.54, 1.807) is 17.5 Å². The highest BCUT2D eigenvalue weighted by Crippen LogP contribution is 2.18. The molecule has 0 bridgehead atoms. The zero-order valence-electron chi connectivity index (χ0n) is 10.5. The molecule has 0 aliphatic heterocycles. The standard InChI is InChI=1S/C12H21N3OS/c1-3-5-6-9(13)11(16)15-10(4-2)12-14-7-8-17-12/h7-10H,3-6,13H2,1-2H3,(H,15,16). The largest absolute Gasteiger partial charge is 0.346 e. The third kappa shape index (κ3) is 4.44. The van der Waals surface area contributed by atoms with Crippen LogP contribution in [0, 0.1) is 0 Å². The lowest BCUT2D eigenvalue weighted by molar-refractivity contribution is -0.123. The van der Waals surface area contributed by atoms with E-state index in [1.807, 2.05) is 12.3 Å². The van der Waals surface area contributed by atoms with E-state index in [9.17, 15) is 4.79 Å². The highest BCUT2D eigenvalue weighted by molar-refractivity contribution is 7.09. The molecule has 0 fully saturated rings. The van der Waals surface area contributed by atoms with E-state index in [4.69, 9.17) is 5.73 Å². The molecule has 96 valence electrons. The van der Waals surface area contributed by atoms with Crippen LogP contribution in [0.15, 0.2) is 11.6 Å². The van der Waals surface area contributed by atoms with Gasteiger partial charge in [0.2, 0.25) is 5.91 Å². The van der Waals surface area contributed by atoms with Crippen molar-refractivity contribution in [1.82, 2.24) is 10.3 Å². The van der Waals surface area contributed by atoms with Crippen LogP contribution in [0.25, 0.3) is 0 Å². The molecule has 4 nitrogen and oxygen atoms in total. The van der Waals surface area contributed by atoms with E-state index in [-0.39, 0.29) is 11.9 Å². The summed E-state index contributed by atoms with van der Waals surface area (Å²) in [4.78, 5) is 16.1. The maximum Gasteiger partial charge on any atom is 0.237 e. The maximum atomic E-state index is 11.9. The van der Waals surface area contributed by atoms with Crippen molar-refractivity contribution in [3.05, 3.63) is 16.6 Å². The van der Waals surface area contributed by atoms with E-state index in [0.717, 1.165) is 30.7 Å². The number of unbranched alkanes of at least 4 members (excludes halogenated alkanes) is 1. The molecular formula is C12H21N3OS. The first-order valence-corrected chi connectivity index (χ1v) is 7.02. The maximum absolute atomic E-state index is 11.9. The molecule has 0 aliphatic rings. The lowest BCUT2D eigenvalue weighted by Crippen LogP contribution is -2.42. The zero-order chi connectivity index (χ0) is 12.7. The Balaban J connectivity index is 2.48. The van der Waals surface area contributed by atoms with Crippen LogP contribution in [0.4, 0.5) is 0 Å². The van der Waals surface area contributed by atoms with Crippen molar-refractivity contribution in [3.63, 3.8) is 0 Å². The summed E-state index contributed by atoms with van der Waals surface area (Å²) in [5.74, 6) is -0.0690. The summed E-state index contributed by atoms with van der Waals surface area (Å²) in [6, 6.07) is -0.404. The van der Waals surface area contributed by atoms with Crippen LogP contribution >= 0.6 is 11.3 Å². The van der Waals surface area contributed by atoms with Gasteiger partial charge in [-0.2, -0.15) is 0 Å². The van der Waals surface area contributed by atoms with Crippen LogP contribution in [-0.4, -0.2) is 16.9 Å². The second-order valence-electron chi connectivity index (χ2n) is 4.09. The third-order valence-corrected chi connectivity index (χ3v) is 3.57. The number of hydrogen-bond donors (Lipinski definition) is 2. The SMILES string of the molecule is CCCCC(N)C(=O)NC(CC)c1nccs1. The summed E-state index contributed by atoms with van der Waals surface area (Å²) in [6.07, 6.45) is 5.38. The van der Waals surface area contributed by atoms with Gasteiger partial charge in [0, 0.05) is 11.6 Å². The van der Waals surface area contributed by atoms with Gasteiger partial charge in [0.05, 0.1) is 12.1 Å². The molecule has 17 heavy (non-hydrogen) atoms. The molecule has 0 radical (unpaired) electrons. The molecular weight excluding hydrogens is 234 g/mol. The van der Waals surface area contributed by atoms with Gasteiger partial charge in [-0.05, 0) is 12.8 Å². The number of nitrogens with two attached hydrogens (primary N) is 1. The van der Waals surface area contributed by atoms with Crippen LogP contribution in [0.1, 0.15) is 50.6 Å². The Kier molecular flexibility index (Phi) is 6.15. The highest BCUT2D eigenvalue weighted by Gasteiger charge is 2.19. The molecule has 2 atom stereocenters. The number of nitrogens with one attached hydrogen (secondary N) is 1. The molecule has 0 aliphatic carbocycles. The predicted molar refractivity (Wildman–Crippen MR) is 70.8 cm³/mol. The molecule has 1 aromatic heterocycles. The topological polar surface area (TPSA) is 68.0 Å².